The van der Waals surface area contributed by atoms with Crippen LogP contribution in [0, 0.1) is 5.92 Å². The minimum Gasteiger partial charge on any atom is -0.343 e. The van der Waals surface area contributed by atoms with E-state index < -0.39 is 0 Å². The van der Waals surface area contributed by atoms with Gasteiger partial charge in [0.05, 0.1) is 6.04 Å². The van der Waals surface area contributed by atoms with Crippen LogP contribution in [-0.2, 0) is 4.79 Å². The molecule has 0 bridgehead atoms. The van der Waals surface area contributed by atoms with Crippen molar-refractivity contribution >= 4 is 17.6 Å². The van der Waals surface area contributed by atoms with Crippen LogP contribution in [0.3, 0.4) is 0 Å². The fourth-order valence-electron chi connectivity index (χ4n) is 3.51. The summed E-state index contributed by atoms with van der Waals surface area (Å²) in [7, 11) is 0. The van der Waals surface area contributed by atoms with E-state index in [4.69, 9.17) is 0 Å². The minimum atomic E-state index is -0.165. The monoisotopic (exact) mass is 357 g/mol. The lowest BCUT2D eigenvalue weighted by Crippen LogP contribution is -2.49. The van der Waals surface area contributed by atoms with Crippen molar-refractivity contribution in [2.45, 2.75) is 45.7 Å². The zero-order valence-electron chi connectivity index (χ0n) is 15.6. The van der Waals surface area contributed by atoms with Gasteiger partial charge in [0.25, 0.3) is 0 Å². The van der Waals surface area contributed by atoms with Crippen LogP contribution < -0.4 is 10.6 Å². The highest BCUT2D eigenvalue weighted by atomic mass is 16.2. The van der Waals surface area contributed by atoms with Gasteiger partial charge in [-0.2, -0.15) is 0 Å². The van der Waals surface area contributed by atoms with Gasteiger partial charge in [-0.25, -0.2) is 9.78 Å². The molecule has 0 spiro atoms. The van der Waals surface area contributed by atoms with Crippen LogP contribution in [0.1, 0.15) is 45.3 Å². The van der Waals surface area contributed by atoms with Gasteiger partial charge in [-0.1, -0.05) is 19.9 Å². The maximum Gasteiger partial charge on any atom is 0.315 e. The summed E-state index contributed by atoms with van der Waals surface area (Å²) in [5.74, 6) is 0.328. The predicted octanol–water partition coefficient (Wildman–Crippen LogP) is 2.34. The highest BCUT2D eigenvalue weighted by Crippen LogP contribution is 2.22. The van der Waals surface area contributed by atoms with Crippen LogP contribution in [0.4, 0.5) is 4.79 Å². The third-order valence-electron chi connectivity index (χ3n) is 5.01. The Bertz CT molecular complexity index is 777. The molecular formula is C19H27N5O2. The van der Waals surface area contributed by atoms with Crippen molar-refractivity contribution in [3.8, 4) is 0 Å². The molecule has 0 aliphatic carbocycles. The lowest BCUT2D eigenvalue weighted by molar-refractivity contribution is -0.129. The predicted molar refractivity (Wildman–Crippen MR) is 99.7 cm³/mol. The lowest BCUT2D eigenvalue weighted by Gasteiger charge is -2.32. The van der Waals surface area contributed by atoms with E-state index in [-0.39, 0.29) is 29.9 Å². The Morgan fingerprint density at radius 2 is 1.96 bits per heavy atom. The topological polar surface area (TPSA) is 78.7 Å². The first-order chi connectivity index (χ1) is 12.5. The summed E-state index contributed by atoms with van der Waals surface area (Å²) in [5.41, 5.74) is 1.88. The Morgan fingerprint density at radius 1 is 1.23 bits per heavy atom. The van der Waals surface area contributed by atoms with E-state index >= 15 is 0 Å². The lowest BCUT2D eigenvalue weighted by atomic mass is 10.00. The van der Waals surface area contributed by atoms with Crippen molar-refractivity contribution in [2.24, 2.45) is 5.92 Å². The molecule has 7 heteroatoms. The molecule has 1 atom stereocenters. The van der Waals surface area contributed by atoms with Crippen LogP contribution in [0.15, 0.2) is 30.6 Å². The third kappa shape index (κ3) is 3.98. The van der Waals surface area contributed by atoms with Crippen LogP contribution >= 0.6 is 0 Å². The summed E-state index contributed by atoms with van der Waals surface area (Å²) < 4.78 is 2.01. The standard InChI is InChI=1S/C19H27N5O2/c1-13(2)18(16-5-4-6-17-20-9-12-24(16)17)22-19(26)21-15-7-10-23(11-8-15)14(3)25/h4-6,9,12-13,15,18H,7-8,10-11H2,1-3H3,(H2,21,22,26). The van der Waals surface area contributed by atoms with Gasteiger partial charge in [0.15, 0.2) is 0 Å². The normalized spacial score (nSPS) is 16.7. The van der Waals surface area contributed by atoms with Crippen molar-refractivity contribution in [1.29, 1.82) is 0 Å². The van der Waals surface area contributed by atoms with Gasteiger partial charge in [0.2, 0.25) is 5.91 Å². The molecule has 2 aromatic heterocycles. The number of amides is 3. The van der Waals surface area contributed by atoms with Crippen molar-refractivity contribution in [3.05, 3.63) is 36.3 Å². The van der Waals surface area contributed by atoms with Gasteiger partial charge in [0, 0.05) is 44.1 Å². The van der Waals surface area contributed by atoms with E-state index in [0.717, 1.165) is 24.2 Å². The van der Waals surface area contributed by atoms with Crippen molar-refractivity contribution in [2.75, 3.05) is 13.1 Å². The summed E-state index contributed by atoms with van der Waals surface area (Å²) in [6.07, 6.45) is 5.25. The number of carbonyl (C=O) groups is 2. The number of pyridine rings is 1. The van der Waals surface area contributed by atoms with Gasteiger partial charge >= 0.3 is 6.03 Å². The average molecular weight is 357 g/mol. The first-order valence-electron chi connectivity index (χ1n) is 9.20. The molecule has 3 heterocycles. The molecule has 26 heavy (non-hydrogen) atoms. The van der Waals surface area contributed by atoms with E-state index in [1.165, 1.54) is 0 Å². The Morgan fingerprint density at radius 3 is 2.62 bits per heavy atom. The largest absolute Gasteiger partial charge is 0.343 e. The minimum absolute atomic E-state index is 0.0983. The molecule has 1 unspecified atom stereocenters. The number of piperidine rings is 1. The van der Waals surface area contributed by atoms with Crippen molar-refractivity contribution in [3.63, 3.8) is 0 Å². The summed E-state index contributed by atoms with van der Waals surface area (Å²) in [5, 5.41) is 6.18. The van der Waals surface area contributed by atoms with Crippen LogP contribution in [0.25, 0.3) is 5.65 Å². The summed E-state index contributed by atoms with van der Waals surface area (Å²) >= 11 is 0. The molecule has 2 N–H and O–H groups in total. The molecule has 2 aromatic rings. The highest BCUT2D eigenvalue weighted by Gasteiger charge is 2.25. The highest BCUT2D eigenvalue weighted by molar-refractivity contribution is 5.75. The average Bonchev–Trinajstić information content (AvgIpc) is 3.09. The maximum atomic E-state index is 12.6. The van der Waals surface area contributed by atoms with E-state index in [1.54, 1.807) is 13.1 Å². The summed E-state index contributed by atoms with van der Waals surface area (Å²) in [6, 6.07) is 5.74. The number of nitrogens with one attached hydrogen (secondary N) is 2. The van der Waals surface area contributed by atoms with Gasteiger partial charge in [-0.05, 0) is 30.9 Å². The summed E-state index contributed by atoms with van der Waals surface area (Å²) in [6.45, 7) is 7.16. The Labute approximate surface area is 153 Å². The molecule has 3 amide bonds. The van der Waals surface area contributed by atoms with Crippen molar-refractivity contribution in [1.82, 2.24) is 24.9 Å². The molecule has 0 aromatic carbocycles. The number of hydrogen-bond donors (Lipinski definition) is 2. The third-order valence-corrected chi connectivity index (χ3v) is 5.01. The quantitative estimate of drug-likeness (QED) is 0.881. The molecule has 1 fully saturated rings. The van der Waals surface area contributed by atoms with Gasteiger partial charge < -0.3 is 19.9 Å². The van der Waals surface area contributed by atoms with Crippen molar-refractivity contribution < 1.29 is 9.59 Å². The number of aromatic nitrogens is 2. The molecule has 3 rings (SSSR count). The Balaban J connectivity index is 1.65. The first kappa shape index (κ1) is 18.2. The van der Waals surface area contributed by atoms with Crippen LogP contribution in [0.2, 0.25) is 0 Å². The van der Waals surface area contributed by atoms with Gasteiger partial charge in [-0.15, -0.1) is 0 Å². The number of hydrogen-bond acceptors (Lipinski definition) is 3. The number of carbonyl (C=O) groups excluding carboxylic acids is 2. The first-order valence-corrected chi connectivity index (χ1v) is 9.20. The fourth-order valence-corrected chi connectivity index (χ4v) is 3.51. The number of rotatable bonds is 4. The molecule has 0 radical (unpaired) electrons. The molecule has 1 aliphatic rings. The Hall–Kier alpha value is -2.57. The second-order valence-electron chi connectivity index (χ2n) is 7.23. The molecule has 140 valence electrons. The maximum absolute atomic E-state index is 12.6. The van der Waals surface area contributed by atoms with E-state index in [1.807, 2.05) is 33.7 Å². The second-order valence-corrected chi connectivity index (χ2v) is 7.23. The fraction of sp³-hybridized carbons (Fsp3) is 0.526. The SMILES string of the molecule is CC(=O)N1CCC(NC(=O)NC(c2cccc3nccn23)C(C)C)CC1. The Kier molecular flexibility index (Phi) is 5.44. The smallest absolute Gasteiger partial charge is 0.315 e. The number of fused-ring (bicyclic) bond motifs is 1. The molecule has 1 aliphatic heterocycles. The molecular weight excluding hydrogens is 330 g/mol. The molecule has 0 saturated carbocycles. The van der Waals surface area contributed by atoms with E-state index in [2.05, 4.69) is 29.5 Å². The number of likely N-dealkylation sites (tertiary alicyclic amines) is 1. The van der Waals surface area contributed by atoms with E-state index in [9.17, 15) is 9.59 Å². The zero-order valence-corrected chi connectivity index (χ0v) is 15.6. The molecule has 7 nitrogen and oxygen atoms in total. The van der Waals surface area contributed by atoms with E-state index in [0.29, 0.717) is 13.1 Å². The summed E-state index contributed by atoms with van der Waals surface area (Å²) in [4.78, 5) is 30.1. The zero-order chi connectivity index (χ0) is 18.7. The van der Waals surface area contributed by atoms with Gasteiger partial charge in [0.1, 0.15) is 5.65 Å². The van der Waals surface area contributed by atoms with Crippen LogP contribution in [0.5, 0.6) is 0 Å². The molecule has 1 saturated heterocycles. The number of nitrogens with zero attached hydrogens (tertiary/aromatic N) is 3. The van der Waals surface area contributed by atoms with Gasteiger partial charge in [-0.3, -0.25) is 4.79 Å². The number of imidazole rings is 1. The second kappa shape index (κ2) is 7.76. The number of urea groups is 1. The van der Waals surface area contributed by atoms with Crippen LogP contribution in [-0.4, -0.2) is 45.4 Å².